The van der Waals surface area contributed by atoms with E-state index in [9.17, 15) is 9.59 Å². The zero-order chi connectivity index (χ0) is 24.4. The lowest BCUT2D eigenvalue weighted by atomic mass is 9.87. The van der Waals surface area contributed by atoms with Crippen LogP contribution in [-0.2, 0) is 4.79 Å². The van der Waals surface area contributed by atoms with Crippen LogP contribution < -0.4 is 16.4 Å². The van der Waals surface area contributed by atoms with E-state index in [1.807, 2.05) is 16.8 Å². The van der Waals surface area contributed by atoms with E-state index in [0.717, 1.165) is 5.56 Å². The maximum absolute atomic E-state index is 12.6. The van der Waals surface area contributed by atoms with Crippen LogP contribution in [-0.4, -0.2) is 42.6 Å². The number of hydrogen-bond acceptors (Lipinski definition) is 7. The zero-order valence-electron chi connectivity index (χ0n) is 18.9. The molecule has 0 unspecified atom stereocenters. The second kappa shape index (κ2) is 9.23. The minimum absolute atomic E-state index is 0.0344. The minimum Gasteiger partial charge on any atom is -0.383 e. The highest BCUT2D eigenvalue weighted by atomic mass is 16.2. The molecule has 10 heteroatoms. The molecule has 4 aromatic rings. The molecule has 35 heavy (non-hydrogen) atoms. The van der Waals surface area contributed by atoms with E-state index < -0.39 is 0 Å². The normalized spacial score (nSPS) is 16.6. The van der Waals surface area contributed by atoms with Crippen molar-refractivity contribution in [2.24, 2.45) is 0 Å². The molecule has 0 atom stereocenters. The van der Waals surface area contributed by atoms with Crippen molar-refractivity contribution in [2.45, 2.75) is 31.8 Å². The number of anilines is 2. The van der Waals surface area contributed by atoms with Crippen molar-refractivity contribution in [2.75, 3.05) is 11.1 Å². The Morgan fingerprint density at radius 2 is 1.89 bits per heavy atom. The van der Waals surface area contributed by atoms with Crippen LogP contribution >= 0.6 is 0 Å². The summed E-state index contributed by atoms with van der Waals surface area (Å²) >= 11 is 0. The number of nitrogens with two attached hydrogens (primary N) is 1. The van der Waals surface area contributed by atoms with Crippen molar-refractivity contribution in [1.82, 2.24) is 30.0 Å². The minimum atomic E-state index is -0.277. The van der Waals surface area contributed by atoms with Crippen molar-refractivity contribution in [1.29, 1.82) is 0 Å². The van der Waals surface area contributed by atoms with Crippen LogP contribution in [0.1, 0.15) is 36.2 Å². The number of carbonyl (C=O) groups excluding carboxylic acids is 2. The highest BCUT2D eigenvalue weighted by Gasteiger charge is 2.34. The second-order valence-electron chi connectivity index (χ2n) is 8.17. The van der Waals surface area contributed by atoms with Crippen molar-refractivity contribution in [3.8, 4) is 23.1 Å². The average Bonchev–Trinajstić information content (AvgIpc) is 3.22. The van der Waals surface area contributed by atoms with Gasteiger partial charge in [0.1, 0.15) is 23.7 Å². The molecular formula is C25H22N8O2. The number of nitrogens with zero attached hydrogens (tertiary/aromatic N) is 5. The number of rotatable bonds is 5. The number of amides is 2. The van der Waals surface area contributed by atoms with Crippen molar-refractivity contribution >= 4 is 34.5 Å². The Balaban J connectivity index is 1.39. The van der Waals surface area contributed by atoms with Gasteiger partial charge in [0.2, 0.25) is 0 Å². The summed E-state index contributed by atoms with van der Waals surface area (Å²) in [5, 5.41) is 11.1. The molecule has 0 saturated heterocycles. The number of aromatic nitrogens is 5. The Bertz CT molecular complexity index is 1460. The standard InChI is InChI=1S/C25H22N8O2/c1-2-5-20(34)30-17-12-18(13-17)33-24-21(23(26)28-14-29-24)22(32-33)15-7-9-16(10-8-15)25(35)31-19-6-3-4-11-27-19/h3-4,6-11,14,17-18H,12-13H2,1H3,(H,30,34)(H2,26,28,29)(H,27,31,35). The first kappa shape index (κ1) is 22.0. The van der Waals surface area contributed by atoms with Gasteiger partial charge in [-0.2, -0.15) is 5.10 Å². The van der Waals surface area contributed by atoms with Gasteiger partial charge in [-0.05, 0) is 50.0 Å². The van der Waals surface area contributed by atoms with Crippen molar-refractivity contribution in [3.63, 3.8) is 0 Å². The van der Waals surface area contributed by atoms with Gasteiger partial charge >= 0.3 is 0 Å². The molecule has 2 amide bonds. The van der Waals surface area contributed by atoms with E-state index in [0.29, 0.717) is 46.8 Å². The molecular weight excluding hydrogens is 444 g/mol. The van der Waals surface area contributed by atoms with Crippen LogP contribution in [0.4, 0.5) is 11.6 Å². The van der Waals surface area contributed by atoms with E-state index in [1.54, 1.807) is 43.5 Å². The lowest BCUT2D eigenvalue weighted by molar-refractivity contribution is -0.117. The first-order valence-electron chi connectivity index (χ1n) is 11.1. The van der Waals surface area contributed by atoms with E-state index in [-0.39, 0.29) is 23.9 Å². The fraction of sp³-hybridized carbons (Fsp3) is 0.200. The van der Waals surface area contributed by atoms with E-state index in [4.69, 9.17) is 10.8 Å². The van der Waals surface area contributed by atoms with Gasteiger partial charge in [0.25, 0.3) is 11.8 Å². The lowest BCUT2D eigenvalue weighted by Gasteiger charge is -2.35. The van der Waals surface area contributed by atoms with Crippen LogP contribution in [0.25, 0.3) is 22.3 Å². The Labute approximate surface area is 201 Å². The van der Waals surface area contributed by atoms with Gasteiger partial charge in [-0.25, -0.2) is 19.6 Å². The van der Waals surface area contributed by atoms with E-state index in [2.05, 4.69) is 37.4 Å². The summed E-state index contributed by atoms with van der Waals surface area (Å²) in [7, 11) is 0. The zero-order valence-corrected chi connectivity index (χ0v) is 18.9. The molecule has 3 aromatic heterocycles. The third-order valence-electron chi connectivity index (χ3n) is 5.88. The predicted molar refractivity (Wildman–Crippen MR) is 131 cm³/mol. The van der Waals surface area contributed by atoms with Crippen LogP contribution in [0.2, 0.25) is 0 Å². The molecule has 3 heterocycles. The largest absolute Gasteiger partial charge is 0.383 e. The lowest BCUT2D eigenvalue weighted by Crippen LogP contribution is -2.44. The monoisotopic (exact) mass is 466 g/mol. The highest BCUT2D eigenvalue weighted by Crippen LogP contribution is 2.38. The number of benzene rings is 1. The summed E-state index contributed by atoms with van der Waals surface area (Å²) < 4.78 is 1.85. The number of hydrogen-bond donors (Lipinski definition) is 3. The van der Waals surface area contributed by atoms with Crippen LogP contribution in [0.15, 0.2) is 55.0 Å². The maximum atomic E-state index is 12.6. The Morgan fingerprint density at radius 3 is 2.60 bits per heavy atom. The molecule has 1 aliphatic carbocycles. The molecule has 0 radical (unpaired) electrons. The third-order valence-corrected chi connectivity index (χ3v) is 5.88. The summed E-state index contributed by atoms with van der Waals surface area (Å²) in [5.74, 6) is 5.37. The van der Waals surface area contributed by atoms with Crippen molar-refractivity contribution < 1.29 is 9.59 Å². The summed E-state index contributed by atoms with van der Waals surface area (Å²) in [5.41, 5.74) is 8.75. The number of nitrogen functional groups attached to an aromatic ring is 1. The average molecular weight is 467 g/mol. The van der Waals surface area contributed by atoms with Crippen LogP contribution in [0, 0.1) is 11.8 Å². The fourth-order valence-electron chi connectivity index (χ4n) is 4.10. The molecule has 1 aliphatic rings. The molecule has 0 aliphatic heterocycles. The van der Waals surface area contributed by atoms with Gasteiger partial charge in [-0.3, -0.25) is 9.59 Å². The number of fused-ring (bicyclic) bond motifs is 1. The van der Waals surface area contributed by atoms with Gasteiger partial charge in [0, 0.05) is 23.4 Å². The van der Waals surface area contributed by atoms with Crippen molar-refractivity contribution in [3.05, 3.63) is 60.6 Å². The molecule has 1 aromatic carbocycles. The molecule has 1 fully saturated rings. The highest BCUT2D eigenvalue weighted by molar-refractivity contribution is 6.04. The van der Waals surface area contributed by atoms with E-state index >= 15 is 0 Å². The first-order chi connectivity index (χ1) is 17.0. The number of carbonyl (C=O) groups is 2. The van der Waals surface area contributed by atoms with Crippen LogP contribution in [0.5, 0.6) is 0 Å². The summed E-state index contributed by atoms with van der Waals surface area (Å²) in [6, 6.07) is 12.5. The molecule has 0 bridgehead atoms. The maximum Gasteiger partial charge on any atom is 0.296 e. The van der Waals surface area contributed by atoms with Gasteiger partial charge in [-0.1, -0.05) is 24.1 Å². The van der Waals surface area contributed by atoms with Crippen LogP contribution in [0.3, 0.4) is 0 Å². The smallest absolute Gasteiger partial charge is 0.296 e. The molecule has 5 rings (SSSR count). The Kier molecular flexibility index (Phi) is 5.81. The first-order valence-corrected chi connectivity index (χ1v) is 11.1. The summed E-state index contributed by atoms with van der Waals surface area (Å²) in [4.78, 5) is 37.0. The Hall–Kier alpha value is -4.78. The fourth-order valence-corrected chi connectivity index (χ4v) is 4.10. The molecule has 1 saturated carbocycles. The van der Waals surface area contributed by atoms with Gasteiger partial charge < -0.3 is 16.4 Å². The third kappa shape index (κ3) is 4.39. The molecule has 4 N–H and O–H groups in total. The SMILES string of the molecule is CC#CC(=O)NC1CC(n2nc(-c3ccc(C(=O)Nc4ccccn4)cc3)c3c(N)ncnc32)C1. The van der Waals surface area contributed by atoms with E-state index in [1.165, 1.54) is 6.33 Å². The second-order valence-corrected chi connectivity index (χ2v) is 8.17. The Morgan fingerprint density at radius 1 is 1.09 bits per heavy atom. The van der Waals surface area contributed by atoms with Gasteiger partial charge in [-0.15, -0.1) is 0 Å². The molecule has 10 nitrogen and oxygen atoms in total. The predicted octanol–water partition coefficient (Wildman–Crippen LogP) is 2.57. The topological polar surface area (TPSA) is 141 Å². The number of pyridine rings is 1. The molecule has 174 valence electrons. The summed E-state index contributed by atoms with van der Waals surface area (Å²) in [6.45, 7) is 1.63. The summed E-state index contributed by atoms with van der Waals surface area (Å²) in [6.07, 6.45) is 4.46. The van der Waals surface area contributed by atoms with Gasteiger partial charge in [0.05, 0.1) is 11.4 Å². The van der Waals surface area contributed by atoms with Gasteiger partial charge in [0.15, 0.2) is 5.65 Å². The molecule has 0 spiro atoms. The quantitative estimate of drug-likeness (QED) is 0.384. The number of nitrogens with one attached hydrogen (secondary N) is 2.